The summed E-state index contributed by atoms with van der Waals surface area (Å²) >= 11 is 0. The minimum absolute atomic E-state index is 0.0707. The molecule has 2 aromatic heterocycles. The molecule has 0 aliphatic carbocycles. The molecule has 3 rings (SSSR count). The van der Waals surface area contributed by atoms with Crippen LogP contribution in [-0.4, -0.2) is 38.6 Å². The molecule has 6 heteroatoms. The molecule has 6 nitrogen and oxygen atoms in total. The van der Waals surface area contributed by atoms with Gasteiger partial charge in [-0.25, -0.2) is 4.98 Å². The maximum absolute atomic E-state index is 12.1. The number of imidazole rings is 1. The van der Waals surface area contributed by atoms with Crippen molar-refractivity contribution >= 4 is 12.0 Å². The number of aromatic nitrogens is 3. The van der Waals surface area contributed by atoms with E-state index in [2.05, 4.69) is 10.1 Å². The summed E-state index contributed by atoms with van der Waals surface area (Å²) in [6.07, 6.45) is 10.4. The average molecular weight is 300 g/mol. The Hall–Kier alpha value is -2.37. The topological polar surface area (TPSA) is 64.2 Å². The van der Waals surface area contributed by atoms with Crippen LogP contribution in [0.2, 0.25) is 0 Å². The number of nitrogens with zero attached hydrogens (tertiary/aromatic N) is 4. The Kier molecular flexibility index (Phi) is 4.37. The Morgan fingerprint density at radius 1 is 1.36 bits per heavy atom. The quantitative estimate of drug-likeness (QED) is 0.812. The highest BCUT2D eigenvalue weighted by Gasteiger charge is 2.13. The van der Waals surface area contributed by atoms with E-state index in [0.29, 0.717) is 6.54 Å². The second-order valence-corrected chi connectivity index (χ2v) is 5.62. The molecule has 22 heavy (non-hydrogen) atoms. The van der Waals surface area contributed by atoms with Crippen LogP contribution in [0.4, 0.5) is 0 Å². The van der Waals surface area contributed by atoms with E-state index in [1.165, 1.54) is 6.42 Å². The highest BCUT2D eigenvalue weighted by atomic mass is 16.5. The van der Waals surface area contributed by atoms with Crippen molar-refractivity contribution < 1.29 is 9.32 Å². The number of aryl methyl sites for hydroxylation is 1. The number of hydrogen-bond donors (Lipinski definition) is 0. The lowest BCUT2D eigenvalue weighted by molar-refractivity contribution is -0.126. The van der Waals surface area contributed by atoms with Gasteiger partial charge < -0.3 is 14.0 Å². The maximum atomic E-state index is 12.1. The van der Waals surface area contributed by atoms with Gasteiger partial charge in [0, 0.05) is 31.4 Å². The predicted octanol–water partition coefficient (Wildman–Crippen LogP) is 2.25. The van der Waals surface area contributed by atoms with Gasteiger partial charge in [-0.1, -0.05) is 5.16 Å². The molecule has 0 spiro atoms. The van der Waals surface area contributed by atoms with Gasteiger partial charge in [0.1, 0.15) is 11.5 Å². The van der Waals surface area contributed by atoms with Gasteiger partial charge in [-0.15, -0.1) is 0 Å². The third kappa shape index (κ3) is 3.63. The molecule has 116 valence electrons. The fourth-order valence-electron chi connectivity index (χ4n) is 2.61. The molecule has 0 radical (unpaired) electrons. The van der Waals surface area contributed by atoms with Gasteiger partial charge in [0.2, 0.25) is 5.91 Å². The Morgan fingerprint density at radius 2 is 2.18 bits per heavy atom. The summed E-state index contributed by atoms with van der Waals surface area (Å²) in [7, 11) is 0. The molecule has 0 aromatic carbocycles. The highest BCUT2D eigenvalue weighted by molar-refractivity contribution is 5.91. The smallest absolute Gasteiger partial charge is 0.246 e. The number of carbonyl (C=O) groups excluding carboxylic acids is 1. The van der Waals surface area contributed by atoms with Crippen LogP contribution in [-0.2, 0) is 11.3 Å². The first-order valence-electron chi connectivity index (χ1n) is 7.62. The summed E-state index contributed by atoms with van der Waals surface area (Å²) in [5.74, 6) is 0.865. The lowest BCUT2D eigenvalue weighted by Gasteiger charge is -2.25. The second-order valence-electron chi connectivity index (χ2n) is 5.62. The first-order chi connectivity index (χ1) is 10.7. The molecular formula is C16H20N4O2. The summed E-state index contributed by atoms with van der Waals surface area (Å²) in [6.45, 7) is 4.20. The van der Waals surface area contributed by atoms with E-state index in [9.17, 15) is 4.79 Å². The van der Waals surface area contributed by atoms with Crippen molar-refractivity contribution in [1.29, 1.82) is 0 Å². The molecule has 1 aliphatic rings. The first kappa shape index (κ1) is 14.6. The van der Waals surface area contributed by atoms with Gasteiger partial charge in [-0.2, -0.15) is 0 Å². The summed E-state index contributed by atoms with van der Waals surface area (Å²) in [4.78, 5) is 18.2. The SMILES string of the molecule is Cc1cc(Cn2cnc(C=CC(=O)N3CCCCC3)c2)no1. The number of amides is 1. The maximum Gasteiger partial charge on any atom is 0.246 e. The molecule has 1 saturated heterocycles. The fourth-order valence-corrected chi connectivity index (χ4v) is 2.61. The fraction of sp³-hybridized carbons (Fsp3) is 0.438. The van der Waals surface area contributed by atoms with Gasteiger partial charge in [0.05, 0.1) is 18.6 Å². The van der Waals surface area contributed by atoms with E-state index < -0.39 is 0 Å². The number of likely N-dealkylation sites (tertiary alicyclic amines) is 1. The average Bonchev–Trinajstić information content (AvgIpc) is 3.15. The molecule has 0 atom stereocenters. The molecule has 1 fully saturated rings. The van der Waals surface area contributed by atoms with Gasteiger partial charge >= 0.3 is 0 Å². The second kappa shape index (κ2) is 6.60. The molecular weight excluding hydrogens is 280 g/mol. The zero-order valence-electron chi connectivity index (χ0n) is 12.7. The molecule has 0 unspecified atom stereocenters. The van der Waals surface area contributed by atoms with E-state index in [4.69, 9.17) is 4.52 Å². The normalized spacial score (nSPS) is 15.6. The monoisotopic (exact) mass is 300 g/mol. The minimum Gasteiger partial charge on any atom is -0.361 e. The number of hydrogen-bond acceptors (Lipinski definition) is 4. The van der Waals surface area contributed by atoms with Crippen molar-refractivity contribution in [1.82, 2.24) is 19.6 Å². The Morgan fingerprint density at radius 3 is 2.91 bits per heavy atom. The number of rotatable bonds is 4. The molecule has 0 bridgehead atoms. The van der Waals surface area contributed by atoms with Gasteiger partial charge in [-0.3, -0.25) is 4.79 Å². The van der Waals surface area contributed by atoms with Crippen molar-refractivity contribution in [2.24, 2.45) is 0 Å². The van der Waals surface area contributed by atoms with Crippen LogP contribution < -0.4 is 0 Å². The number of piperidine rings is 1. The summed E-state index contributed by atoms with van der Waals surface area (Å²) in [5.41, 5.74) is 1.63. The highest BCUT2D eigenvalue weighted by Crippen LogP contribution is 2.10. The standard InChI is InChI=1S/C16H20N4O2/c1-13-9-15(18-22-13)11-19-10-14(17-12-19)5-6-16(21)20-7-3-2-4-8-20/h5-6,9-10,12H,2-4,7-8,11H2,1H3. The molecule has 3 heterocycles. The largest absolute Gasteiger partial charge is 0.361 e. The lowest BCUT2D eigenvalue weighted by Crippen LogP contribution is -2.34. The van der Waals surface area contributed by atoms with Crippen molar-refractivity contribution in [2.45, 2.75) is 32.7 Å². The van der Waals surface area contributed by atoms with Crippen LogP contribution in [0.3, 0.4) is 0 Å². The zero-order chi connectivity index (χ0) is 15.4. The Bertz CT molecular complexity index is 665. The third-order valence-electron chi connectivity index (χ3n) is 3.74. The third-order valence-corrected chi connectivity index (χ3v) is 3.74. The van der Waals surface area contributed by atoms with E-state index in [-0.39, 0.29) is 5.91 Å². The van der Waals surface area contributed by atoms with Crippen molar-refractivity contribution in [3.63, 3.8) is 0 Å². The lowest BCUT2D eigenvalue weighted by atomic mass is 10.1. The Balaban J connectivity index is 1.58. The predicted molar refractivity (Wildman–Crippen MR) is 82.0 cm³/mol. The summed E-state index contributed by atoms with van der Waals surface area (Å²) < 4.78 is 6.96. The van der Waals surface area contributed by atoms with E-state index in [1.807, 2.05) is 28.7 Å². The van der Waals surface area contributed by atoms with Crippen LogP contribution in [0.1, 0.15) is 36.4 Å². The van der Waals surface area contributed by atoms with Crippen LogP contribution in [0.5, 0.6) is 0 Å². The molecule has 2 aromatic rings. The Labute approximate surface area is 129 Å². The minimum atomic E-state index is 0.0707. The van der Waals surface area contributed by atoms with Crippen LogP contribution >= 0.6 is 0 Å². The zero-order valence-corrected chi connectivity index (χ0v) is 12.7. The molecule has 1 aliphatic heterocycles. The van der Waals surface area contributed by atoms with Gasteiger partial charge in [0.25, 0.3) is 0 Å². The molecule has 1 amide bonds. The van der Waals surface area contributed by atoms with Gasteiger partial charge in [-0.05, 0) is 32.3 Å². The van der Waals surface area contributed by atoms with Crippen LogP contribution in [0.25, 0.3) is 6.08 Å². The van der Waals surface area contributed by atoms with Crippen molar-refractivity contribution in [3.05, 3.63) is 41.8 Å². The molecule has 0 N–H and O–H groups in total. The van der Waals surface area contributed by atoms with Crippen molar-refractivity contribution in [2.75, 3.05) is 13.1 Å². The molecule has 0 saturated carbocycles. The summed E-state index contributed by atoms with van der Waals surface area (Å²) in [5, 5.41) is 3.95. The van der Waals surface area contributed by atoms with Crippen LogP contribution in [0, 0.1) is 6.92 Å². The van der Waals surface area contributed by atoms with Crippen LogP contribution in [0.15, 0.2) is 29.2 Å². The van der Waals surface area contributed by atoms with E-state index >= 15 is 0 Å². The summed E-state index contributed by atoms with van der Waals surface area (Å²) in [6, 6.07) is 1.90. The van der Waals surface area contributed by atoms with Crippen molar-refractivity contribution in [3.8, 4) is 0 Å². The van der Waals surface area contributed by atoms with E-state index in [0.717, 1.165) is 43.1 Å². The van der Waals surface area contributed by atoms with E-state index in [1.54, 1.807) is 18.5 Å². The number of carbonyl (C=O) groups is 1. The first-order valence-corrected chi connectivity index (χ1v) is 7.62. The van der Waals surface area contributed by atoms with Gasteiger partial charge in [0.15, 0.2) is 0 Å².